The summed E-state index contributed by atoms with van der Waals surface area (Å²) in [4.78, 5) is 22.1. The Hall–Kier alpha value is -1.75. The van der Waals surface area contributed by atoms with Crippen LogP contribution in [-0.2, 0) is 17.8 Å². The number of hydrogen-bond donors (Lipinski definition) is 3. The zero-order valence-corrected chi connectivity index (χ0v) is 19.5. The maximum atomic E-state index is 12.9. The van der Waals surface area contributed by atoms with Gasteiger partial charge in [-0.25, -0.2) is 14.4 Å². The maximum absolute atomic E-state index is 12.9. The fraction of sp³-hybridized carbons (Fsp3) is 0.421. The SMILES string of the molecule is CCNC(=NCc1nc(C)c(C)s1)NCCNC(=O)Cc1ccc(F)cc1.I. The summed E-state index contributed by atoms with van der Waals surface area (Å²) in [7, 11) is 0. The topological polar surface area (TPSA) is 78.4 Å². The Morgan fingerprint density at radius 3 is 2.43 bits per heavy atom. The predicted molar refractivity (Wildman–Crippen MR) is 123 cm³/mol. The number of nitrogens with zero attached hydrogens (tertiary/aromatic N) is 2. The summed E-state index contributed by atoms with van der Waals surface area (Å²) in [5.41, 5.74) is 1.83. The van der Waals surface area contributed by atoms with E-state index in [0.717, 1.165) is 22.8 Å². The second kappa shape index (κ2) is 12.7. The molecule has 0 radical (unpaired) electrons. The molecule has 1 amide bonds. The van der Waals surface area contributed by atoms with Crippen LogP contribution in [-0.4, -0.2) is 36.5 Å². The molecule has 6 nitrogen and oxygen atoms in total. The van der Waals surface area contributed by atoms with Crippen LogP contribution in [0.5, 0.6) is 0 Å². The van der Waals surface area contributed by atoms with Gasteiger partial charge in [-0.2, -0.15) is 0 Å². The van der Waals surface area contributed by atoms with Crippen molar-refractivity contribution in [3.8, 4) is 0 Å². The van der Waals surface area contributed by atoms with E-state index in [1.54, 1.807) is 23.5 Å². The van der Waals surface area contributed by atoms with Crippen molar-refractivity contribution in [2.75, 3.05) is 19.6 Å². The lowest BCUT2D eigenvalue weighted by Crippen LogP contribution is -2.41. The molecule has 1 aromatic carbocycles. The van der Waals surface area contributed by atoms with Gasteiger partial charge in [0.25, 0.3) is 0 Å². The zero-order chi connectivity index (χ0) is 19.6. The molecular formula is C19H27FIN5OS. The van der Waals surface area contributed by atoms with Crippen molar-refractivity contribution >= 4 is 47.2 Å². The van der Waals surface area contributed by atoms with E-state index in [9.17, 15) is 9.18 Å². The van der Waals surface area contributed by atoms with Crippen molar-refractivity contribution in [3.05, 3.63) is 51.2 Å². The lowest BCUT2D eigenvalue weighted by Gasteiger charge is -2.11. The largest absolute Gasteiger partial charge is 0.357 e. The Bertz CT molecular complexity index is 760. The third kappa shape index (κ3) is 8.51. The summed E-state index contributed by atoms with van der Waals surface area (Å²) in [5, 5.41) is 10.2. The van der Waals surface area contributed by atoms with Crippen molar-refractivity contribution in [3.63, 3.8) is 0 Å². The van der Waals surface area contributed by atoms with Crippen LogP contribution in [0, 0.1) is 19.7 Å². The van der Waals surface area contributed by atoms with Crippen LogP contribution in [0.4, 0.5) is 4.39 Å². The van der Waals surface area contributed by atoms with Gasteiger partial charge < -0.3 is 16.0 Å². The molecule has 0 aliphatic rings. The number of thiazole rings is 1. The van der Waals surface area contributed by atoms with Crippen molar-refractivity contribution in [2.24, 2.45) is 4.99 Å². The Labute approximate surface area is 186 Å². The molecule has 0 saturated carbocycles. The number of carbonyl (C=O) groups excluding carboxylic acids is 1. The number of amides is 1. The molecule has 3 N–H and O–H groups in total. The van der Waals surface area contributed by atoms with Crippen molar-refractivity contribution in [1.29, 1.82) is 0 Å². The fourth-order valence-electron chi connectivity index (χ4n) is 2.33. The number of aliphatic imine (C=N–C) groups is 1. The van der Waals surface area contributed by atoms with E-state index in [1.165, 1.54) is 17.0 Å². The Morgan fingerprint density at radius 2 is 1.82 bits per heavy atom. The van der Waals surface area contributed by atoms with E-state index in [-0.39, 0.29) is 42.1 Å². The van der Waals surface area contributed by atoms with Crippen molar-refractivity contribution in [1.82, 2.24) is 20.9 Å². The van der Waals surface area contributed by atoms with Gasteiger partial charge in [-0.3, -0.25) is 4.79 Å². The summed E-state index contributed by atoms with van der Waals surface area (Å²) in [6.07, 6.45) is 0.233. The molecule has 154 valence electrons. The summed E-state index contributed by atoms with van der Waals surface area (Å²) in [5.74, 6) is 0.288. The number of aryl methyl sites for hydroxylation is 2. The average Bonchev–Trinajstić information content (AvgIpc) is 2.96. The number of halogens is 2. The van der Waals surface area contributed by atoms with Gasteiger partial charge in [-0.15, -0.1) is 35.3 Å². The number of nitrogens with one attached hydrogen (secondary N) is 3. The molecule has 0 atom stereocenters. The minimum atomic E-state index is -0.304. The summed E-state index contributed by atoms with van der Waals surface area (Å²) in [6.45, 7) is 8.34. The van der Waals surface area contributed by atoms with Gasteiger partial charge in [0.1, 0.15) is 10.8 Å². The third-order valence-corrected chi connectivity index (χ3v) is 4.86. The average molecular weight is 519 g/mol. The van der Waals surface area contributed by atoms with Crippen molar-refractivity contribution in [2.45, 2.75) is 33.7 Å². The predicted octanol–water partition coefficient (Wildman–Crippen LogP) is 2.93. The van der Waals surface area contributed by atoms with E-state index in [0.29, 0.717) is 25.6 Å². The van der Waals surface area contributed by atoms with Gasteiger partial charge in [-0.05, 0) is 38.5 Å². The van der Waals surface area contributed by atoms with E-state index in [1.807, 2.05) is 13.8 Å². The van der Waals surface area contributed by atoms with E-state index < -0.39 is 0 Å². The van der Waals surface area contributed by atoms with Gasteiger partial charge in [-0.1, -0.05) is 12.1 Å². The van der Waals surface area contributed by atoms with Gasteiger partial charge in [0, 0.05) is 24.5 Å². The molecule has 28 heavy (non-hydrogen) atoms. The van der Waals surface area contributed by atoms with Crippen LogP contribution in [0.25, 0.3) is 0 Å². The summed E-state index contributed by atoms with van der Waals surface area (Å²) in [6, 6.07) is 5.94. The molecule has 0 aliphatic carbocycles. The molecular weight excluding hydrogens is 492 g/mol. The van der Waals surface area contributed by atoms with Crippen LogP contribution in [0.2, 0.25) is 0 Å². The van der Waals surface area contributed by atoms with Crippen LogP contribution in [0.1, 0.15) is 28.1 Å². The Morgan fingerprint density at radius 1 is 1.14 bits per heavy atom. The highest BCUT2D eigenvalue weighted by Gasteiger charge is 2.05. The highest BCUT2D eigenvalue weighted by atomic mass is 127. The number of rotatable bonds is 8. The lowest BCUT2D eigenvalue weighted by atomic mass is 10.1. The number of hydrogen-bond acceptors (Lipinski definition) is 4. The second-order valence-electron chi connectivity index (χ2n) is 6.02. The van der Waals surface area contributed by atoms with Crippen LogP contribution in [0.15, 0.2) is 29.3 Å². The first-order chi connectivity index (χ1) is 13.0. The molecule has 0 unspecified atom stereocenters. The first-order valence-corrected chi connectivity index (χ1v) is 9.75. The monoisotopic (exact) mass is 519 g/mol. The number of aromatic nitrogens is 1. The fourth-order valence-corrected chi connectivity index (χ4v) is 3.19. The summed E-state index contributed by atoms with van der Waals surface area (Å²) < 4.78 is 12.9. The first kappa shape index (κ1) is 24.3. The normalized spacial score (nSPS) is 10.9. The van der Waals surface area contributed by atoms with Gasteiger partial charge in [0.05, 0.1) is 18.7 Å². The molecule has 0 aliphatic heterocycles. The molecule has 0 bridgehead atoms. The molecule has 0 spiro atoms. The third-order valence-electron chi connectivity index (χ3n) is 3.81. The smallest absolute Gasteiger partial charge is 0.224 e. The molecule has 1 heterocycles. The number of guanidine groups is 1. The minimum Gasteiger partial charge on any atom is -0.357 e. The minimum absolute atomic E-state index is 0. The second-order valence-corrected chi connectivity index (χ2v) is 7.31. The molecule has 0 saturated heterocycles. The lowest BCUT2D eigenvalue weighted by molar-refractivity contribution is -0.120. The Kier molecular flexibility index (Phi) is 11.0. The zero-order valence-electron chi connectivity index (χ0n) is 16.3. The Balaban J connectivity index is 0.00000392. The van der Waals surface area contributed by atoms with Crippen LogP contribution < -0.4 is 16.0 Å². The molecule has 0 fully saturated rings. The van der Waals surface area contributed by atoms with Crippen LogP contribution >= 0.6 is 35.3 Å². The number of carbonyl (C=O) groups is 1. The van der Waals surface area contributed by atoms with Crippen molar-refractivity contribution < 1.29 is 9.18 Å². The molecule has 9 heteroatoms. The van der Waals surface area contributed by atoms with Gasteiger partial charge in [0.2, 0.25) is 5.91 Å². The number of benzene rings is 1. The van der Waals surface area contributed by atoms with E-state index in [2.05, 4.69) is 32.9 Å². The molecule has 1 aromatic heterocycles. The first-order valence-electron chi connectivity index (χ1n) is 8.94. The quantitative estimate of drug-likeness (QED) is 0.217. The van der Waals surface area contributed by atoms with Crippen LogP contribution in [0.3, 0.4) is 0 Å². The maximum Gasteiger partial charge on any atom is 0.224 e. The highest BCUT2D eigenvalue weighted by Crippen LogP contribution is 2.16. The van der Waals surface area contributed by atoms with E-state index >= 15 is 0 Å². The van der Waals surface area contributed by atoms with Gasteiger partial charge >= 0.3 is 0 Å². The standard InChI is InChI=1S/C19H26FN5OS.HI/c1-4-21-19(24-12-18-25-13(2)14(3)27-18)23-10-9-22-17(26)11-15-5-7-16(20)8-6-15;/h5-8H,4,9-12H2,1-3H3,(H,22,26)(H2,21,23,24);1H. The highest BCUT2D eigenvalue weighted by molar-refractivity contribution is 14.0. The van der Waals surface area contributed by atoms with Gasteiger partial charge in [0.15, 0.2) is 5.96 Å². The molecule has 2 rings (SSSR count). The summed E-state index contributed by atoms with van der Waals surface area (Å²) >= 11 is 1.65. The van der Waals surface area contributed by atoms with E-state index in [4.69, 9.17) is 0 Å². The molecule has 2 aromatic rings.